The Morgan fingerprint density at radius 1 is 1.12 bits per heavy atom. The van der Waals surface area contributed by atoms with Gasteiger partial charge in [-0.1, -0.05) is 35.0 Å². The molecule has 0 unspecified atom stereocenters. The lowest BCUT2D eigenvalue weighted by molar-refractivity contribution is -0.123. The van der Waals surface area contributed by atoms with Gasteiger partial charge >= 0.3 is 0 Å². The van der Waals surface area contributed by atoms with Crippen LogP contribution in [0.15, 0.2) is 53.1 Å². The molecule has 0 saturated carbocycles. The molecule has 1 aromatic heterocycles. The van der Waals surface area contributed by atoms with Crippen molar-refractivity contribution in [2.24, 2.45) is 0 Å². The van der Waals surface area contributed by atoms with E-state index in [4.69, 9.17) is 20.9 Å². The summed E-state index contributed by atoms with van der Waals surface area (Å²) in [5.41, 5.74) is 3.90. The van der Waals surface area contributed by atoms with E-state index >= 15 is 0 Å². The molecule has 0 aliphatic heterocycles. The molecule has 0 aliphatic rings. The first kappa shape index (κ1) is 18.0. The Labute approximate surface area is 156 Å². The molecule has 0 fully saturated rings. The van der Waals surface area contributed by atoms with Gasteiger partial charge in [0.25, 0.3) is 5.91 Å². The summed E-state index contributed by atoms with van der Waals surface area (Å²) in [6.07, 6.45) is 0. The summed E-state index contributed by atoms with van der Waals surface area (Å²) in [5.74, 6) is 1.01. The maximum atomic E-state index is 11.9. The summed E-state index contributed by atoms with van der Waals surface area (Å²) in [6.45, 7) is 4.22. The first-order valence-corrected chi connectivity index (χ1v) is 8.57. The van der Waals surface area contributed by atoms with Crippen molar-refractivity contribution >= 4 is 17.5 Å². The minimum atomic E-state index is -0.229. The maximum absolute atomic E-state index is 11.9. The standard InChI is InChI=1S/C20H19ClN2O3/c1-13-3-8-17(9-14(13)2)25-12-20(24)22-11-18-10-19(23-26-18)15-4-6-16(21)7-5-15/h3-10H,11-12H2,1-2H3,(H,22,24). The second-order valence-corrected chi connectivity index (χ2v) is 6.43. The molecular weight excluding hydrogens is 352 g/mol. The topological polar surface area (TPSA) is 64.4 Å². The van der Waals surface area contributed by atoms with Crippen LogP contribution in [0.2, 0.25) is 5.02 Å². The van der Waals surface area contributed by atoms with Crippen molar-refractivity contribution in [1.82, 2.24) is 10.5 Å². The highest BCUT2D eigenvalue weighted by molar-refractivity contribution is 6.30. The van der Waals surface area contributed by atoms with E-state index in [1.807, 2.05) is 44.2 Å². The van der Waals surface area contributed by atoms with Gasteiger partial charge in [-0.3, -0.25) is 4.79 Å². The second kappa shape index (κ2) is 8.06. The third kappa shape index (κ3) is 4.64. The van der Waals surface area contributed by atoms with Crippen LogP contribution in [0, 0.1) is 13.8 Å². The number of benzene rings is 2. The average Bonchev–Trinajstić information content (AvgIpc) is 3.10. The number of aryl methyl sites for hydroxylation is 2. The van der Waals surface area contributed by atoms with Gasteiger partial charge in [0.2, 0.25) is 0 Å². The van der Waals surface area contributed by atoms with Gasteiger partial charge in [-0.25, -0.2) is 0 Å². The lowest BCUT2D eigenvalue weighted by Crippen LogP contribution is -2.28. The molecule has 0 bridgehead atoms. The fraction of sp³-hybridized carbons (Fsp3) is 0.200. The molecule has 5 nitrogen and oxygen atoms in total. The highest BCUT2D eigenvalue weighted by Crippen LogP contribution is 2.21. The Kier molecular flexibility index (Phi) is 5.58. The van der Waals surface area contributed by atoms with Crippen LogP contribution in [0.5, 0.6) is 5.75 Å². The SMILES string of the molecule is Cc1ccc(OCC(=O)NCc2cc(-c3ccc(Cl)cc3)no2)cc1C. The van der Waals surface area contributed by atoms with E-state index in [1.54, 1.807) is 18.2 Å². The van der Waals surface area contributed by atoms with E-state index < -0.39 is 0 Å². The number of ether oxygens (including phenoxy) is 1. The number of hydrogen-bond acceptors (Lipinski definition) is 4. The highest BCUT2D eigenvalue weighted by Gasteiger charge is 2.09. The van der Waals surface area contributed by atoms with E-state index in [0.717, 1.165) is 11.1 Å². The molecule has 0 radical (unpaired) electrons. The summed E-state index contributed by atoms with van der Waals surface area (Å²) in [7, 11) is 0. The monoisotopic (exact) mass is 370 g/mol. The molecule has 6 heteroatoms. The van der Waals surface area contributed by atoms with E-state index in [9.17, 15) is 4.79 Å². The molecule has 0 spiro atoms. The molecule has 1 heterocycles. The minimum Gasteiger partial charge on any atom is -0.484 e. The zero-order valence-electron chi connectivity index (χ0n) is 14.6. The van der Waals surface area contributed by atoms with Gasteiger partial charge in [-0.05, 0) is 49.2 Å². The first-order chi connectivity index (χ1) is 12.5. The van der Waals surface area contributed by atoms with Crippen molar-refractivity contribution in [3.05, 3.63) is 70.4 Å². The van der Waals surface area contributed by atoms with Crippen molar-refractivity contribution < 1.29 is 14.1 Å². The van der Waals surface area contributed by atoms with Crippen LogP contribution in [-0.2, 0) is 11.3 Å². The molecule has 0 saturated heterocycles. The van der Waals surface area contributed by atoms with Crippen molar-refractivity contribution in [3.63, 3.8) is 0 Å². The van der Waals surface area contributed by atoms with Gasteiger partial charge in [0.15, 0.2) is 12.4 Å². The number of carbonyl (C=O) groups excluding carboxylic acids is 1. The summed E-state index contributed by atoms with van der Waals surface area (Å²) in [4.78, 5) is 11.9. The van der Waals surface area contributed by atoms with Gasteiger partial charge in [0, 0.05) is 16.7 Å². The van der Waals surface area contributed by atoms with Crippen molar-refractivity contribution in [2.45, 2.75) is 20.4 Å². The fourth-order valence-electron chi connectivity index (χ4n) is 2.34. The van der Waals surface area contributed by atoms with E-state index in [0.29, 0.717) is 22.2 Å². The highest BCUT2D eigenvalue weighted by atomic mass is 35.5. The molecule has 134 valence electrons. The second-order valence-electron chi connectivity index (χ2n) is 6.00. The molecule has 1 N–H and O–H groups in total. The predicted octanol–water partition coefficient (Wildman–Crippen LogP) is 4.31. The summed E-state index contributed by atoms with van der Waals surface area (Å²) < 4.78 is 10.8. The normalized spacial score (nSPS) is 10.6. The van der Waals surface area contributed by atoms with E-state index in [1.165, 1.54) is 5.56 Å². The van der Waals surface area contributed by atoms with E-state index in [-0.39, 0.29) is 19.1 Å². The van der Waals surface area contributed by atoms with Crippen LogP contribution >= 0.6 is 11.6 Å². The van der Waals surface area contributed by atoms with Crippen LogP contribution in [0.1, 0.15) is 16.9 Å². The Morgan fingerprint density at radius 3 is 2.62 bits per heavy atom. The van der Waals surface area contributed by atoms with Gasteiger partial charge in [-0.2, -0.15) is 0 Å². The Balaban J connectivity index is 1.50. The number of hydrogen-bond donors (Lipinski definition) is 1. The predicted molar refractivity (Wildman–Crippen MR) is 100 cm³/mol. The summed E-state index contributed by atoms with van der Waals surface area (Å²) in [6, 6.07) is 14.8. The molecule has 3 rings (SSSR count). The Bertz CT molecular complexity index is 904. The van der Waals surface area contributed by atoms with Gasteiger partial charge in [0.05, 0.1) is 6.54 Å². The molecular formula is C20H19ClN2O3. The first-order valence-electron chi connectivity index (χ1n) is 8.19. The van der Waals surface area contributed by atoms with Gasteiger partial charge in [-0.15, -0.1) is 0 Å². The summed E-state index contributed by atoms with van der Waals surface area (Å²) in [5, 5.41) is 7.42. The van der Waals surface area contributed by atoms with E-state index in [2.05, 4.69) is 10.5 Å². The number of amides is 1. The lowest BCUT2D eigenvalue weighted by Gasteiger charge is -2.08. The van der Waals surface area contributed by atoms with Crippen molar-refractivity contribution in [2.75, 3.05) is 6.61 Å². The van der Waals surface area contributed by atoms with Gasteiger partial charge < -0.3 is 14.6 Å². The third-order valence-electron chi connectivity index (χ3n) is 4.01. The van der Waals surface area contributed by atoms with Crippen molar-refractivity contribution in [1.29, 1.82) is 0 Å². The maximum Gasteiger partial charge on any atom is 0.258 e. The molecule has 26 heavy (non-hydrogen) atoms. The van der Waals surface area contributed by atoms with Crippen LogP contribution in [0.25, 0.3) is 11.3 Å². The molecule has 0 atom stereocenters. The Morgan fingerprint density at radius 2 is 1.88 bits per heavy atom. The third-order valence-corrected chi connectivity index (χ3v) is 4.26. The average molecular weight is 371 g/mol. The largest absolute Gasteiger partial charge is 0.484 e. The number of nitrogens with zero attached hydrogens (tertiary/aromatic N) is 1. The molecule has 1 amide bonds. The number of halogens is 1. The molecule has 3 aromatic rings. The summed E-state index contributed by atoms with van der Waals surface area (Å²) >= 11 is 5.88. The lowest BCUT2D eigenvalue weighted by atomic mass is 10.1. The van der Waals surface area contributed by atoms with Gasteiger partial charge in [0.1, 0.15) is 11.4 Å². The van der Waals surface area contributed by atoms with Crippen LogP contribution in [-0.4, -0.2) is 17.7 Å². The zero-order valence-corrected chi connectivity index (χ0v) is 15.3. The number of carbonyl (C=O) groups is 1. The fourth-order valence-corrected chi connectivity index (χ4v) is 2.47. The van der Waals surface area contributed by atoms with Crippen LogP contribution < -0.4 is 10.1 Å². The zero-order chi connectivity index (χ0) is 18.5. The Hall–Kier alpha value is -2.79. The quantitative estimate of drug-likeness (QED) is 0.702. The van der Waals surface area contributed by atoms with Crippen LogP contribution in [0.3, 0.4) is 0 Å². The number of nitrogens with one attached hydrogen (secondary N) is 1. The van der Waals surface area contributed by atoms with Crippen molar-refractivity contribution in [3.8, 4) is 17.0 Å². The molecule has 2 aromatic carbocycles. The number of rotatable bonds is 6. The minimum absolute atomic E-state index is 0.0549. The molecule has 0 aliphatic carbocycles. The smallest absolute Gasteiger partial charge is 0.258 e. The number of aromatic nitrogens is 1. The van der Waals surface area contributed by atoms with Crippen LogP contribution in [0.4, 0.5) is 0 Å².